The second-order valence-corrected chi connectivity index (χ2v) is 8.56. The van der Waals surface area contributed by atoms with Crippen molar-refractivity contribution in [1.29, 1.82) is 0 Å². The summed E-state index contributed by atoms with van der Waals surface area (Å²) >= 11 is 2.88. The van der Waals surface area contributed by atoms with Crippen LogP contribution in [0, 0.1) is 5.92 Å². The van der Waals surface area contributed by atoms with Crippen molar-refractivity contribution < 1.29 is 9.59 Å². The highest BCUT2D eigenvalue weighted by Gasteiger charge is 2.46. The number of carbonyl (C=O) groups excluding carboxylic acids is 2. The third-order valence-corrected chi connectivity index (χ3v) is 6.96. The summed E-state index contributed by atoms with van der Waals surface area (Å²) in [6.45, 7) is 2.38. The first kappa shape index (κ1) is 16.8. The lowest BCUT2D eigenvalue weighted by Gasteiger charge is -2.35. The van der Waals surface area contributed by atoms with E-state index in [-0.39, 0.29) is 17.7 Å². The van der Waals surface area contributed by atoms with Gasteiger partial charge in [0.15, 0.2) is 0 Å². The molecule has 2 atom stereocenters. The standard InChI is InChI=1S/C19H18N4O2S2/c24-18(12-3-4-15-16(10-12)21-27-20-15)22-5-7-23(8-6-22)19(25)14-11-13(14)17-2-1-9-26-17/h1-4,9-10,13-14H,5-8,11H2/t13-,14+/m1/s1. The van der Waals surface area contributed by atoms with E-state index in [2.05, 4.69) is 20.2 Å². The minimum Gasteiger partial charge on any atom is -0.339 e. The Bertz CT molecular complexity index is 992. The summed E-state index contributed by atoms with van der Waals surface area (Å²) in [7, 11) is 0. The second-order valence-electron chi connectivity index (χ2n) is 7.05. The van der Waals surface area contributed by atoms with Gasteiger partial charge in [0.1, 0.15) is 11.0 Å². The second kappa shape index (κ2) is 6.69. The molecule has 1 saturated carbocycles. The van der Waals surface area contributed by atoms with Crippen molar-refractivity contribution >= 4 is 45.9 Å². The van der Waals surface area contributed by atoms with Gasteiger partial charge in [0.2, 0.25) is 5.91 Å². The van der Waals surface area contributed by atoms with Crippen LogP contribution in [0.4, 0.5) is 0 Å². The van der Waals surface area contributed by atoms with Crippen molar-refractivity contribution in [2.24, 2.45) is 5.92 Å². The fourth-order valence-corrected chi connectivity index (χ4v) is 5.17. The van der Waals surface area contributed by atoms with Gasteiger partial charge in [0.05, 0.1) is 11.7 Å². The van der Waals surface area contributed by atoms with Gasteiger partial charge in [-0.15, -0.1) is 11.3 Å². The average Bonchev–Trinajstić information content (AvgIpc) is 3.10. The molecule has 2 aromatic heterocycles. The van der Waals surface area contributed by atoms with Gasteiger partial charge in [0.25, 0.3) is 5.91 Å². The summed E-state index contributed by atoms with van der Waals surface area (Å²) in [4.78, 5) is 30.6. The van der Waals surface area contributed by atoms with Crippen LogP contribution in [0.2, 0.25) is 0 Å². The lowest BCUT2D eigenvalue weighted by Crippen LogP contribution is -2.51. The molecule has 27 heavy (non-hydrogen) atoms. The van der Waals surface area contributed by atoms with Crippen LogP contribution in [0.3, 0.4) is 0 Å². The lowest BCUT2D eigenvalue weighted by molar-refractivity contribution is -0.134. The Morgan fingerprint density at radius 2 is 1.78 bits per heavy atom. The molecule has 2 amide bonds. The Morgan fingerprint density at radius 3 is 2.56 bits per heavy atom. The smallest absolute Gasteiger partial charge is 0.254 e. The molecule has 3 aromatic rings. The topological polar surface area (TPSA) is 66.4 Å². The van der Waals surface area contributed by atoms with Gasteiger partial charge in [0, 0.05) is 48.5 Å². The lowest BCUT2D eigenvalue weighted by atomic mass is 10.1. The highest BCUT2D eigenvalue weighted by Crippen LogP contribution is 2.50. The van der Waals surface area contributed by atoms with Crippen molar-refractivity contribution in [2.45, 2.75) is 12.3 Å². The monoisotopic (exact) mass is 398 g/mol. The van der Waals surface area contributed by atoms with Crippen LogP contribution in [-0.4, -0.2) is 56.5 Å². The molecule has 0 unspecified atom stereocenters. The zero-order chi connectivity index (χ0) is 18.4. The predicted molar refractivity (Wildman–Crippen MR) is 105 cm³/mol. The molecule has 8 heteroatoms. The van der Waals surface area contributed by atoms with E-state index in [4.69, 9.17) is 0 Å². The van der Waals surface area contributed by atoms with E-state index < -0.39 is 0 Å². The fourth-order valence-electron chi connectivity index (χ4n) is 3.75. The van der Waals surface area contributed by atoms with E-state index in [9.17, 15) is 9.59 Å². The first-order valence-corrected chi connectivity index (χ1v) is 10.7. The predicted octanol–water partition coefficient (Wildman–Crippen LogP) is 2.84. The zero-order valence-corrected chi connectivity index (χ0v) is 16.2. The third-order valence-electron chi connectivity index (χ3n) is 5.40. The highest BCUT2D eigenvalue weighted by molar-refractivity contribution is 7.10. The van der Waals surface area contributed by atoms with Crippen LogP contribution in [0.15, 0.2) is 35.7 Å². The van der Waals surface area contributed by atoms with Gasteiger partial charge < -0.3 is 9.80 Å². The number of rotatable bonds is 3. The molecular weight excluding hydrogens is 380 g/mol. The summed E-state index contributed by atoms with van der Waals surface area (Å²) in [6, 6.07) is 9.61. The zero-order valence-electron chi connectivity index (χ0n) is 14.6. The molecule has 0 spiro atoms. The van der Waals surface area contributed by atoms with E-state index in [1.807, 2.05) is 21.9 Å². The molecule has 1 aliphatic carbocycles. The summed E-state index contributed by atoms with van der Waals surface area (Å²) in [5, 5.41) is 2.07. The van der Waals surface area contributed by atoms with Crippen LogP contribution in [-0.2, 0) is 4.79 Å². The fraction of sp³-hybridized carbons (Fsp3) is 0.368. The number of thiophene rings is 1. The van der Waals surface area contributed by atoms with Crippen LogP contribution in [0.1, 0.15) is 27.6 Å². The van der Waals surface area contributed by atoms with E-state index in [1.54, 1.807) is 23.5 Å². The summed E-state index contributed by atoms with van der Waals surface area (Å²) in [5.41, 5.74) is 2.21. The minimum absolute atomic E-state index is 0.000108. The Balaban J connectivity index is 1.20. The minimum atomic E-state index is -0.000108. The Hall–Kier alpha value is -2.32. The summed E-state index contributed by atoms with van der Waals surface area (Å²) in [5.74, 6) is 0.774. The number of piperazine rings is 1. The molecule has 1 aromatic carbocycles. The third kappa shape index (κ3) is 3.12. The van der Waals surface area contributed by atoms with Crippen molar-refractivity contribution in [3.05, 3.63) is 46.2 Å². The molecule has 2 aliphatic rings. The molecule has 0 N–H and O–H groups in total. The van der Waals surface area contributed by atoms with Crippen molar-refractivity contribution in [2.75, 3.05) is 26.2 Å². The molecule has 2 fully saturated rings. The molecule has 0 bridgehead atoms. The Morgan fingerprint density at radius 1 is 1.00 bits per heavy atom. The van der Waals surface area contributed by atoms with Crippen LogP contribution in [0.25, 0.3) is 11.0 Å². The van der Waals surface area contributed by atoms with E-state index in [0.29, 0.717) is 37.7 Å². The van der Waals surface area contributed by atoms with Gasteiger partial charge in [-0.05, 0) is 36.1 Å². The molecule has 1 aliphatic heterocycles. The summed E-state index contributed by atoms with van der Waals surface area (Å²) in [6.07, 6.45) is 0.959. The van der Waals surface area contributed by atoms with E-state index in [0.717, 1.165) is 29.2 Å². The maximum atomic E-state index is 12.8. The number of aromatic nitrogens is 2. The molecule has 5 rings (SSSR count). The van der Waals surface area contributed by atoms with E-state index in [1.165, 1.54) is 4.88 Å². The molecule has 138 valence electrons. The number of amides is 2. The van der Waals surface area contributed by atoms with Gasteiger partial charge in [-0.3, -0.25) is 9.59 Å². The first-order chi connectivity index (χ1) is 13.2. The Labute approximate surface area is 164 Å². The van der Waals surface area contributed by atoms with Gasteiger partial charge in [-0.2, -0.15) is 8.75 Å². The quantitative estimate of drug-likeness (QED) is 0.680. The number of fused-ring (bicyclic) bond motifs is 1. The summed E-state index contributed by atoms with van der Waals surface area (Å²) < 4.78 is 8.37. The molecular formula is C19H18N4O2S2. The van der Waals surface area contributed by atoms with Gasteiger partial charge in [-0.25, -0.2) is 0 Å². The number of hydrogen-bond donors (Lipinski definition) is 0. The molecule has 3 heterocycles. The molecule has 0 radical (unpaired) electrons. The van der Waals surface area contributed by atoms with Crippen LogP contribution >= 0.6 is 23.1 Å². The van der Waals surface area contributed by atoms with Crippen molar-refractivity contribution in [1.82, 2.24) is 18.5 Å². The van der Waals surface area contributed by atoms with Gasteiger partial charge >= 0.3 is 0 Å². The maximum Gasteiger partial charge on any atom is 0.254 e. The average molecular weight is 399 g/mol. The van der Waals surface area contributed by atoms with Crippen molar-refractivity contribution in [3.63, 3.8) is 0 Å². The largest absolute Gasteiger partial charge is 0.339 e. The van der Waals surface area contributed by atoms with Crippen LogP contribution in [0.5, 0.6) is 0 Å². The van der Waals surface area contributed by atoms with Crippen molar-refractivity contribution in [3.8, 4) is 0 Å². The number of benzene rings is 1. The van der Waals surface area contributed by atoms with Gasteiger partial charge in [-0.1, -0.05) is 6.07 Å². The number of hydrogen-bond acceptors (Lipinski definition) is 6. The highest BCUT2D eigenvalue weighted by atomic mass is 32.1. The first-order valence-electron chi connectivity index (χ1n) is 9.04. The SMILES string of the molecule is O=C(c1ccc2nsnc2c1)N1CCN(C(=O)[C@H]2C[C@H]2c2cccs2)CC1. The van der Waals surface area contributed by atoms with Crippen LogP contribution < -0.4 is 0 Å². The Kier molecular flexibility index (Phi) is 4.17. The maximum absolute atomic E-state index is 12.8. The number of nitrogens with zero attached hydrogens (tertiary/aromatic N) is 4. The number of carbonyl (C=O) groups is 2. The van der Waals surface area contributed by atoms with E-state index >= 15 is 0 Å². The normalized spacial score (nSPS) is 22.2. The molecule has 1 saturated heterocycles. The molecule has 6 nitrogen and oxygen atoms in total.